The number of likely N-dealkylation sites (tertiary alicyclic amines) is 1. The van der Waals surface area contributed by atoms with Gasteiger partial charge >= 0.3 is 12.1 Å². The van der Waals surface area contributed by atoms with Crippen LogP contribution in [-0.4, -0.2) is 39.0 Å². The summed E-state index contributed by atoms with van der Waals surface area (Å²) >= 11 is 1.37. The van der Waals surface area contributed by atoms with Crippen molar-refractivity contribution in [2.24, 2.45) is 0 Å². The fourth-order valence-electron chi connectivity index (χ4n) is 2.92. The molecule has 2 aromatic heterocycles. The van der Waals surface area contributed by atoms with Crippen molar-refractivity contribution in [3.8, 4) is 10.6 Å². The maximum absolute atomic E-state index is 12.7. The number of thiazole rings is 1. The van der Waals surface area contributed by atoms with Crippen LogP contribution in [0.15, 0.2) is 40.2 Å². The van der Waals surface area contributed by atoms with Crippen molar-refractivity contribution in [3.05, 3.63) is 53.1 Å². The van der Waals surface area contributed by atoms with Crippen LogP contribution in [0, 0.1) is 0 Å². The second-order valence-electron chi connectivity index (χ2n) is 6.10. The van der Waals surface area contributed by atoms with Gasteiger partial charge in [0, 0.05) is 30.0 Å². The zero-order chi connectivity index (χ0) is 19.0. The van der Waals surface area contributed by atoms with Gasteiger partial charge in [-0.1, -0.05) is 35.5 Å². The lowest BCUT2D eigenvalue weighted by Crippen LogP contribution is -2.28. The number of benzene rings is 1. The molecule has 0 unspecified atom stereocenters. The van der Waals surface area contributed by atoms with Crippen LogP contribution < -0.4 is 0 Å². The molecule has 0 spiro atoms. The summed E-state index contributed by atoms with van der Waals surface area (Å²) < 4.78 is 42.0. The minimum absolute atomic E-state index is 0.0270. The van der Waals surface area contributed by atoms with E-state index in [4.69, 9.17) is 0 Å². The van der Waals surface area contributed by atoms with E-state index in [9.17, 15) is 18.0 Å². The second-order valence-corrected chi connectivity index (χ2v) is 6.95. The number of nitrogens with zero attached hydrogens (tertiary/aromatic N) is 4. The summed E-state index contributed by atoms with van der Waals surface area (Å²) in [5.74, 6) is -2.04. The van der Waals surface area contributed by atoms with Crippen LogP contribution in [0.4, 0.5) is 13.2 Å². The summed E-state index contributed by atoms with van der Waals surface area (Å²) in [5.41, 5.74) is 1.25. The third kappa shape index (κ3) is 3.57. The summed E-state index contributed by atoms with van der Waals surface area (Å²) in [6, 6.07) is 9.50. The molecule has 1 amide bonds. The number of hydrogen-bond acceptors (Lipinski definition) is 6. The van der Waals surface area contributed by atoms with E-state index in [0.29, 0.717) is 18.7 Å². The van der Waals surface area contributed by atoms with Gasteiger partial charge in [-0.25, -0.2) is 4.98 Å². The van der Waals surface area contributed by atoms with Gasteiger partial charge in [-0.15, -0.1) is 11.3 Å². The fourth-order valence-corrected chi connectivity index (χ4v) is 3.72. The van der Waals surface area contributed by atoms with Crippen molar-refractivity contribution in [2.45, 2.75) is 18.5 Å². The normalized spacial score (nSPS) is 17.4. The first kappa shape index (κ1) is 17.7. The molecular formula is C17H13F3N4O2S. The van der Waals surface area contributed by atoms with Gasteiger partial charge in [0.05, 0.1) is 0 Å². The predicted molar refractivity (Wildman–Crippen MR) is 90.1 cm³/mol. The smallest absolute Gasteiger partial charge is 0.337 e. The molecule has 1 saturated heterocycles. The van der Waals surface area contributed by atoms with Crippen LogP contribution in [0.2, 0.25) is 0 Å². The number of alkyl halides is 3. The number of rotatable bonds is 3. The highest BCUT2D eigenvalue weighted by Gasteiger charge is 2.40. The standard InChI is InChI=1S/C17H13F3N4O2S/c18-17(19,20)16-22-13(23-26-16)11-6-7-24(8-11)15(25)12-9-27-14(21-12)10-4-2-1-3-5-10/h1-5,9,11H,6-8H2/t11-/m1/s1. The van der Waals surface area contributed by atoms with Gasteiger partial charge in [0.1, 0.15) is 10.7 Å². The molecule has 1 atom stereocenters. The third-order valence-electron chi connectivity index (χ3n) is 4.27. The van der Waals surface area contributed by atoms with Gasteiger partial charge in [-0.05, 0) is 6.42 Å². The van der Waals surface area contributed by atoms with Gasteiger partial charge in [-0.2, -0.15) is 18.2 Å². The SMILES string of the molecule is O=C(c1csc(-c2ccccc2)n1)N1CC[C@@H](c2noc(C(F)(F)F)n2)C1. The van der Waals surface area contributed by atoms with E-state index >= 15 is 0 Å². The maximum Gasteiger partial charge on any atom is 0.471 e. The second kappa shape index (κ2) is 6.76. The molecule has 140 valence electrons. The van der Waals surface area contributed by atoms with E-state index < -0.39 is 12.1 Å². The molecular weight excluding hydrogens is 381 g/mol. The molecule has 0 bridgehead atoms. The molecule has 4 rings (SSSR count). The van der Waals surface area contributed by atoms with Gasteiger partial charge < -0.3 is 9.42 Å². The Labute approximate surface area is 155 Å². The highest BCUT2D eigenvalue weighted by molar-refractivity contribution is 7.13. The lowest BCUT2D eigenvalue weighted by molar-refractivity contribution is -0.159. The molecule has 1 aromatic carbocycles. The molecule has 1 aliphatic heterocycles. The molecule has 3 aromatic rings. The summed E-state index contributed by atoms with van der Waals surface area (Å²) in [5, 5.41) is 5.84. The van der Waals surface area contributed by atoms with E-state index in [1.807, 2.05) is 30.3 Å². The predicted octanol–water partition coefficient (Wildman–Crippen LogP) is 3.84. The van der Waals surface area contributed by atoms with Crippen LogP contribution in [0.25, 0.3) is 10.6 Å². The van der Waals surface area contributed by atoms with Crippen molar-refractivity contribution < 1.29 is 22.5 Å². The number of carbonyl (C=O) groups is 1. The number of hydrogen-bond donors (Lipinski definition) is 0. The Bertz CT molecular complexity index is 955. The highest BCUT2D eigenvalue weighted by Crippen LogP contribution is 2.32. The van der Waals surface area contributed by atoms with E-state index in [2.05, 4.69) is 19.6 Å². The average molecular weight is 394 g/mol. The highest BCUT2D eigenvalue weighted by atomic mass is 32.1. The van der Waals surface area contributed by atoms with E-state index in [1.54, 1.807) is 10.3 Å². The Balaban J connectivity index is 1.45. The van der Waals surface area contributed by atoms with Crippen LogP contribution in [0.1, 0.15) is 34.5 Å². The molecule has 10 heteroatoms. The summed E-state index contributed by atoms with van der Waals surface area (Å²) in [6.45, 7) is 0.630. The lowest BCUT2D eigenvalue weighted by Gasteiger charge is -2.14. The Morgan fingerprint density at radius 3 is 2.70 bits per heavy atom. The van der Waals surface area contributed by atoms with Crippen molar-refractivity contribution in [1.29, 1.82) is 0 Å². The number of amides is 1. The molecule has 0 N–H and O–H groups in total. The molecule has 1 fully saturated rings. The maximum atomic E-state index is 12.7. The van der Waals surface area contributed by atoms with Crippen LogP contribution in [0.3, 0.4) is 0 Å². The number of carbonyl (C=O) groups excluding carboxylic acids is 1. The van der Waals surface area contributed by atoms with Crippen LogP contribution >= 0.6 is 11.3 Å². The molecule has 1 aliphatic rings. The molecule has 0 radical (unpaired) electrons. The third-order valence-corrected chi connectivity index (χ3v) is 5.16. The van der Waals surface area contributed by atoms with Crippen LogP contribution in [-0.2, 0) is 6.18 Å². The first-order chi connectivity index (χ1) is 12.9. The molecule has 3 heterocycles. The van der Waals surface area contributed by atoms with E-state index in [0.717, 1.165) is 10.6 Å². The Hall–Kier alpha value is -2.75. The zero-order valence-corrected chi connectivity index (χ0v) is 14.6. The van der Waals surface area contributed by atoms with Gasteiger partial charge in [0.25, 0.3) is 5.91 Å². The minimum Gasteiger partial charge on any atom is -0.337 e. The summed E-state index contributed by atoms with van der Waals surface area (Å²) in [7, 11) is 0. The van der Waals surface area contributed by atoms with Gasteiger partial charge in [0.15, 0.2) is 5.82 Å². The number of aromatic nitrogens is 3. The van der Waals surface area contributed by atoms with Crippen molar-refractivity contribution in [3.63, 3.8) is 0 Å². The lowest BCUT2D eigenvalue weighted by atomic mass is 10.1. The Morgan fingerprint density at radius 1 is 1.22 bits per heavy atom. The largest absolute Gasteiger partial charge is 0.471 e. The van der Waals surface area contributed by atoms with Crippen molar-refractivity contribution >= 4 is 17.2 Å². The first-order valence-electron chi connectivity index (χ1n) is 8.13. The fraction of sp³-hybridized carbons (Fsp3) is 0.294. The number of halogens is 3. The average Bonchev–Trinajstić information content (AvgIpc) is 3.40. The van der Waals surface area contributed by atoms with Crippen molar-refractivity contribution in [1.82, 2.24) is 20.0 Å². The molecule has 6 nitrogen and oxygen atoms in total. The first-order valence-corrected chi connectivity index (χ1v) is 9.01. The van der Waals surface area contributed by atoms with E-state index in [1.165, 1.54) is 11.3 Å². The van der Waals surface area contributed by atoms with Crippen LogP contribution in [0.5, 0.6) is 0 Å². The Kier molecular flexibility index (Phi) is 4.42. The van der Waals surface area contributed by atoms with E-state index in [-0.39, 0.29) is 24.2 Å². The zero-order valence-electron chi connectivity index (χ0n) is 13.8. The topological polar surface area (TPSA) is 72.1 Å². The summed E-state index contributed by atoms with van der Waals surface area (Å²) in [6.07, 6.45) is -4.20. The van der Waals surface area contributed by atoms with Gasteiger partial charge in [0.2, 0.25) is 0 Å². The monoisotopic (exact) mass is 394 g/mol. The van der Waals surface area contributed by atoms with Crippen molar-refractivity contribution in [2.75, 3.05) is 13.1 Å². The van der Waals surface area contributed by atoms with Gasteiger partial charge in [-0.3, -0.25) is 4.79 Å². The molecule has 0 saturated carbocycles. The molecule has 0 aliphatic carbocycles. The quantitative estimate of drug-likeness (QED) is 0.675. The Morgan fingerprint density at radius 2 is 2.00 bits per heavy atom. The molecule has 27 heavy (non-hydrogen) atoms. The summed E-state index contributed by atoms with van der Waals surface area (Å²) in [4.78, 5) is 22.0. The minimum atomic E-state index is -4.67.